The topological polar surface area (TPSA) is 64.1 Å². The molecule has 0 bridgehead atoms. The van der Waals surface area contributed by atoms with Crippen molar-refractivity contribution in [1.82, 2.24) is 9.55 Å². The molecule has 0 saturated carbocycles. The number of aromatic nitrogens is 2. The molecule has 3 rings (SSSR count). The Kier molecular flexibility index (Phi) is 5.06. The van der Waals surface area contributed by atoms with Crippen LogP contribution in [0.3, 0.4) is 0 Å². The number of hydrogen-bond acceptors (Lipinski definition) is 3. The first-order valence-electron chi connectivity index (χ1n) is 7.76. The zero-order valence-corrected chi connectivity index (χ0v) is 14.1. The van der Waals surface area contributed by atoms with Crippen LogP contribution in [0.15, 0.2) is 42.7 Å². The lowest BCUT2D eigenvalue weighted by Crippen LogP contribution is -2.11. The first-order chi connectivity index (χ1) is 12.0. The first-order valence-corrected chi connectivity index (χ1v) is 8.17. The molecule has 3 aromatic rings. The third-order valence-corrected chi connectivity index (χ3v) is 4.25. The van der Waals surface area contributed by atoms with E-state index in [1.165, 1.54) is 0 Å². The van der Waals surface area contributed by atoms with Crippen molar-refractivity contribution in [1.29, 1.82) is 0 Å². The Balaban J connectivity index is 2.14. The average Bonchev–Trinajstić information content (AvgIpc) is 2.97. The highest BCUT2D eigenvalue weighted by Gasteiger charge is 2.13. The Morgan fingerprint density at radius 2 is 2.08 bits per heavy atom. The number of hydrogen-bond donors (Lipinski definition) is 2. The number of rotatable bonds is 6. The summed E-state index contributed by atoms with van der Waals surface area (Å²) in [4.78, 5) is 4.33. The lowest BCUT2D eigenvalue weighted by Gasteiger charge is -2.05. The Labute approximate surface area is 148 Å². The third kappa shape index (κ3) is 3.67. The van der Waals surface area contributed by atoms with Crippen LogP contribution in [0.25, 0.3) is 22.0 Å². The zero-order valence-electron chi connectivity index (χ0n) is 13.3. The van der Waals surface area contributed by atoms with E-state index in [1.54, 1.807) is 16.8 Å². The number of halogens is 2. The van der Waals surface area contributed by atoms with Gasteiger partial charge in [-0.15, -0.1) is 0 Å². The van der Waals surface area contributed by atoms with Crippen LogP contribution in [0, 0.1) is 0 Å². The van der Waals surface area contributed by atoms with Gasteiger partial charge in [-0.25, -0.2) is 8.78 Å². The van der Waals surface area contributed by atoms with Crippen LogP contribution in [-0.2, 0) is 13.2 Å². The van der Waals surface area contributed by atoms with Crippen LogP contribution in [0.1, 0.15) is 17.7 Å². The minimum atomic E-state index is -2.37. The molecule has 0 radical (unpaired) electrons. The summed E-state index contributed by atoms with van der Waals surface area (Å²) in [5.74, 6) is 0. The van der Waals surface area contributed by atoms with Gasteiger partial charge in [0.1, 0.15) is 4.99 Å². The third-order valence-electron chi connectivity index (χ3n) is 4.04. The Bertz CT molecular complexity index is 924. The van der Waals surface area contributed by atoms with Crippen LogP contribution >= 0.6 is 12.2 Å². The lowest BCUT2D eigenvalue weighted by atomic mass is 10.0. The van der Waals surface area contributed by atoms with E-state index < -0.39 is 6.43 Å². The van der Waals surface area contributed by atoms with Gasteiger partial charge in [0, 0.05) is 41.8 Å². The second-order valence-corrected chi connectivity index (χ2v) is 6.16. The van der Waals surface area contributed by atoms with Crippen LogP contribution in [-0.4, -0.2) is 26.1 Å². The van der Waals surface area contributed by atoms with Gasteiger partial charge in [-0.05, 0) is 29.3 Å². The van der Waals surface area contributed by atoms with E-state index in [9.17, 15) is 13.9 Å². The second-order valence-electron chi connectivity index (χ2n) is 5.72. The average molecular weight is 361 g/mol. The molecule has 0 unspecified atom stereocenters. The van der Waals surface area contributed by atoms with E-state index in [0.29, 0.717) is 5.69 Å². The molecule has 130 valence electrons. The van der Waals surface area contributed by atoms with Gasteiger partial charge >= 0.3 is 0 Å². The first kappa shape index (κ1) is 17.4. The van der Waals surface area contributed by atoms with E-state index >= 15 is 0 Å². The molecule has 0 spiro atoms. The summed E-state index contributed by atoms with van der Waals surface area (Å²) in [6, 6.07) is 9.14. The van der Waals surface area contributed by atoms with Gasteiger partial charge in [0.2, 0.25) is 6.43 Å². The molecule has 0 aliphatic carbocycles. The molecule has 2 heterocycles. The highest BCUT2D eigenvalue weighted by molar-refractivity contribution is 7.80. The van der Waals surface area contributed by atoms with E-state index in [1.807, 2.05) is 30.5 Å². The summed E-state index contributed by atoms with van der Waals surface area (Å²) < 4.78 is 27.1. The number of nitrogens with zero attached hydrogens (tertiary/aromatic N) is 2. The molecule has 0 atom stereocenters. The number of aliphatic hydroxyl groups is 1. The van der Waals surface area contributed by atoms with Crippen molar-refractivity contribution in [2.24, 2.45) is 5.73 Å². The number of aliphatic hydroxyl groups excluding tert-OH is 1. The SMILES string of the molecule is NC(=S)c1cc(-c2cn(CCC(F)F)c3cc(CO)ccc23)ccn1. The van der Waals surface area contributed by atoms with Gasteiger partial charge in [-0.3, -0.25) is 4.98 Å². The van der Waals surface area contributed by atoms with Gasteiger partial charge < -0.3 is 15.4 Å². The van der Waals surface area contributed by atoms with E-state index in [2.05, 4.69) is 4.98 Å². The van der Waals surface area contributed by atoms with Gasteiger partial charge in [0.25, 0.3) is 0 Å². The molecular weight excluding hydrogens is 344 g/mol. The number of fused-ring (bicyclic) bond motifs is 1. The quantitative estimate of drug-likeness (QED) is 0.660. The number of pyridine rings is 1. The second kappa shape index (κ2) is 7.25. The van der Waals surface area contributed by atoms with E-state index in [0.717, 1.165) is 27.6 Å². The van der Waals surface area contributed by atoms with Crippen molar-refractivity contribution in [2.75, 3.05) is 0 Å². The fraction of sp³-hybridized carbons (Fsp3) is 0.222. The van der Waals surface area contributed by atoms with Gasteiger partial charge in [-0.2, -0.15) is 0 Å². The smallest absolute Gasteiger partial charge is 0.240 e. The monoisotopic (exact) mass is 361 g/mol. The predicted molar refractivity (Wildman–Crippen MR) is 97.6 cm³/mol. The number of benzene rings is 1. The normalized spacial score (nSPS) is 11.4. The molecule has 0 amide bonds. The van der Waals surface area contributed by atoms with E-state index in [-0.39, 0.29) is 24.6 Å². The highest BCUT2D eigenvalue weighted by Crippen LogP contribution is 2.32. The number of thiocarbonyl (C=S) groups is 1. The van der Waals surface area contributed by atoms with E-state index in [4.69, 9.17) is 18.0 Å². The molecule has 7 heteroatoms. The van der Waals surface area contributed by atoms with Crippen molar-refractivity contribution in [2.45, 2.75) is 26.0 Å². The van der Waals surface area contributed by atoms with Crippen LogP contribution in [0.2, 0.25) is 0 Å². The van der Waals surface area contributed by atoms with Crippen molar-refractivity contribution >= 4 is 28.1 Å². The maximum absolute atomic E-state index is 12.6. The maximum Gasteiger partial charge on any atom is 0.240 e. The number of nitrogens with two attached hydrogens (primary N) is 1. The van der Waals surface area contributed by atoms with Gasteiger partial charge in [0.05, 0.1) is 12.3 Å². The zero-order chi connectivity index (χ0) is 18.0. The van der Waals surface area contributed by atoms with Crippen molar-refractivity contribution in [3.8, 4) is 11.1 Å². The molecule has 25 heavy (non-hydrogen) atoms. The summed E-state index contributed by atoms with van der Waals surface area (Å²) in [7, 11) is 0. The summed E-state index contributed by atoms with van der Waals surface area (Å²) in [5, 5.41) is 10.3. The predicted octanol–water partition coefficient (Wildman–Crippen LogP) is 3.49. The van der Waals surface area contributed by atoms with Crippen molar-refractivity contribution in [3.63, 3.8) is 0 Å². The minimum absolute atomic E-state index is 0.105. The molecule has 4 nitrogen and oxygen atoms in total. The Hall–Kier alpha value is -2.38. The fourth-order valence-electron chi connectivity index (χ4n) is 2.82. The summed E-state index contributed by atoms with van der Waals surface area (Å²) in [6.45, 7) is 0.0858. The van der Waals surface area contributed by atoms with Crippen LogP contribution < -0.4 is 5.73 Å². The maximum atomic E-state index is 12.6. The molecule has 0 aliphatic rings. The van der Waals surface area contributed by atoms with Gasteiger partial charge in [-0.1, -0.05) is 24.4 Å². The standard InChI is InChI=1S/C18H17F2N3OS/c19-17(20)4-6-23-9-14(12-3-5-22-15(8-12)18(21)25)13-2-1-11(10-24)7-16(13)23/h1-3,5,7-9,17,24H,4,6,10H2,(H2,21,25). The minimum Gasteiger partial charge on any atom is -0.392 e. The summed E-state index contributed by atoms with van der Waals surface area (Å²) in [6.07, 6.45) is 0.853. The largest absolute Gasteiger partial charge is 0.392 e. The highest BCUT2D eigenvalue weighted by atomic mass is 32.1. The fourth-order valence-corrected chi connectivity index (χ4v) is 2.93. The molecule has 2 aromatic heterocycles. The van der Waals surface area contributed by atoms with Crippen LogP contribution in [0.5, 0.6) is 0 Å². The van der Waals surface area contributed by atoms with Crippen LogP contribution in [0.4, 0.5) is 8.78 Å². The molecule has 0 aliphatic heterocycles. The molecule has 0 fully saturated rings. The summed E-state index contributed by atoms with van der Waals surface area (Å²) >= 11 is 4.97. The van der Waals surface area contributed by atoms with Crippen molar-refractivity contribution < 1.29 is 13.9 Å². The molecule has 3 N–H and O–H groups in total. The molecule has 0 saturated heterocycles. The number of alkyl halides is 2. The molecular formula is C18H17F2N3OS. The Morgan fingerprint density at radius 3 is 2.76 bits per heavy atom. The Morgan fingerprint density at radius 1 is 1.28 bits per heavy atom. The lowest BCUT2D eigenvalue weighted by molar-refractivity contribution is 0.132. The summed E-state index contributed by atoms with van der Waals surface area (Å²) in [5.41, 5.74) is 9.43. The van der Waals surface area contributed by atoms with Gasteiger partial charge in [0.15, 0.2) is 0 Å². The van der Waals surface area contributed by atoms with Crippen molar-refractivity contribution in [3.05, 3.63) is 54.0 Å². The molecule has 1 aromatic carbocycles. The number of aryl methyl sites for hydroxylation is 1.